The molecular weight excluding hydrogens is 274 g/mol. The molecule has 0 spiro atoms. The van der Waals surface area contributed by atoms with Crippen LogP contribution in [0.15, 0.2) is 41.0 Å². The van der Waals surface area contributed by atoms with Crippen LogP contribution in [0.5, 0.6) is 0 Å². The number of hydrogen-bond donors (Lipinski definition) is 2. The number of nitrogens with zero attached hydrogens (tertiary/aromatic N) is 1. The summed E-state index contributed by atoms with van der Waals surface area (Å²) in [6.07, 6.45) is 6.96. The van der Waals surface area contributed by atoms with Crippen molar-refractivity contribution in [3.8, 4) is 0 Å². The van der Waals surface area contributed by atoms with Gasteiger partial charge in [-0.05, 0) is 24.6 Å². The van der Waals surface area contributed by atoms with E-state index < -0.39 is 5.79 Å². The molecule has 0 radical (unpaired) electrons. The largest absolute Gasteiger partial charge is 0.350 e. The molecule has 0 saturated heterocycles. The molecule has 1 atom stereocenters. The molecule has 0 aromatic heterocycles. The summed E-state index contributed by atoms with van der Waals surface area (Å²) in [5.41, 5.74) is 1.42. The van der Waals surface area contributed by atoms with Crippen LogP contribution in [0, 0.1) is 0 Å². The Bertz CT molecular complexity index is 542. The SMILES string of the molecule is CCCCC1(Nc2cccc(Cl)c2)N=CC(C=O)=CN1. The summed E-state index contributed by atoms with van der Waals surface area (Å²) in [6.45, 7) is 2.13. The first-order valence-electron chi connectivity index (χ1n) is 6.69. The predicted molar refractivity (Wildman–Crippen MR) is 83.1 cm³/mol. The summed E-state index contributed by atoms with van der Waals surface area (Å²) in [5, 5.41) is 7.22. The van der Waals surface area contributed by atoms with Gasteiger partial charge in [-0.25, -0.2) is 4.99 Å². The van der Waals surface area contributed by atoms with Crippen molar-refractivity contribution in [3.63, 3.8) is 0 Å². The normalized spacial score (nSPS) is 21.0. The fraction of sp³-hybridized carbons (Fsp3) is 0.333. The van der Waals surface area contributed by atoms with Gasteiger partial charge in [0.15, 0.2) is 6.29 Å². The predicted octanol–water partition coefficient (Wildman–Crippen LogP) is 3.35. The molecular formula is C15H18ClN3O. The Labute approximate surface area is 123 Å². The van der Waals surface area contributed by atoms with Gasteiger partial charge >= 0.3 is 0 Å². The zero-order valence-electron chi connectivity index (χ0n) is 11.4. The molecule has 4 nitrogen and oxygen atoms in total. The van der Waals surface area contributed by atoms with Gasteiger partial charge in [-0.1, -0.05) is 31.0 Å². The van der Waals surface area contributed by atoms with Gasteiger partial charge in [0.1, 0.15) is 0 Å². The Kier molecular flexibility index (Phi) is 4.79. The quantitative estimate of drug-likeness (QED) is 0.790. The van der Waals surface area contributed by atoms with E-state index in [4.69, 9.17) is 11.6 Å². The number of allylic oxidation sites excluding steroid dienone is 1. The molecule has 0 saturated carbocycles. The minimum atomic E-state index is -0.618. The van der Waals surface area contributed by atoms with Crippen molar-refractivity contribution in [1.29, 1.82) is 0 Å². The Hall–Kier alpha value is -1.81. The van der Waals surface area contributed by atoms with Crippen LogP contribution in [0.1, 0.15) is 26.2 Å². The fourth-order valence-electron chi connectivity index (χ4n) is 2.03. The van der Waals surface area contributed by atoms with Gasteiger partial charge < -0.3 is 10.6 Å². The summed E-state index contributed by atoms with van der Waals surface area (Å²) in [7, 11) is 0. The molecule has 1 aromatic rings. The molecule has 1 heterocycles. The lowest BCUT2D eigenvalue weighted by molar-refractivity contribution is -0.104. The van der Waals surface area contributed by atoms with Crippen molar-refractivity contribution in [2.75, 3.05) is 5.32 Å². The van der Waals surface area contributed by atoms with Crippen molar-refractivity contribution < 1.29 is 4.79 Å². The minimum absolute atomic E-state index is 0.532. The lowest BCUT2D eigenvalue weighted by atomic mass is 10.1. The van der Waals surface area contributed by atoms with Gasteiger partial charge in [0, 0.05) is 35.1 Å². The zero-order chi connectivity index (χ0) is 14.4. The van der Waals surface area contributed by atoms with Crippen LogP contribution in [0.25, 0.3) is 0 Å². The standard InChI is InChI=1S/C15H18ClN3O/c1-2-3-7-15(17-9-12(11-20)10-18-15)19-14-6-4-5-13(16)8-14/h4-6,8-11,17,19H,2-3,7H2,1H3. The molecule has 1 aliphatic rings. The lowest BCUT2D eigenvalue weighted by Gasteiger charge is -2.34. The van der Waals surface area contributed by atoms with Gasteiger partial charge in [0.05, 0.1) is 0 Å². The van der Waals surface area contributed by atoms with Crippen molar-refractivity contribution in [2.24, 2.45) is 4.99 Å². The maximum Gasteiger partial charge on any atom is 0.204 e. The number of aldehydes is 1. The van der Waals surface area contributed by atoms with E-state index in [0.29, 0.717) is 10.6 Å². The molecule has 0 fully saturated rings. The van der Waals surface area contributed by atoms with Crippen LogP contribution in [0.4, 0.5) is 5.69 Å². The first kappa shape index (κ1) is 14.6. The molecule has 1 unspecified atom stereocenters. The van der Waals surface area contributed by atoms with Crippen LogP contribution in [-0.4, -0.2) is 18.3 Å². The highest BCUT2D eigenvalue weighted by atomic mass is 35.5. The molecule has 0 amide bonds. The Morgan fingerprint density at radius 2 is 2.35 bits per heavy atom. The van der Waals surface area contributed by atoms with Gasteiger partial charge in [0.2, 0.25) is 5.79 Å². The second-order valence-electron chi connectivity index (χ2n) is 4.76. The van der Waals surface area contributed by atoms with Crippen molar-refractivity contribution in [3.05, 3.63) is 41.1 Å². The fourth-order valence-corrected chi connectivity index (χ4v) is 2.22. The second kappa shape index (κ2) is 6.57. The number of rotatable bonds is 6. The van der Waals surface area contributed by atoms with Crippen LogP contribution in [0.2, 0.25) is 5.02 Å². The number of benzene rings is 1. The first-order valence-corrected chi connectivity index (χ1v) is 7.07. The molecule has 0 aliphatic carbocycles. The highest BCUT2D eigenvalue weighted by Crippen LogP contribution is 2.24. The van der Waals surface area contributed by atoms with Crippen molar-refractivity contribution >= 4 is 29.8 Å². The minimum Gasteiger partial charge on any atom is -0.350 e. The van der Waals surface area contributed by atoms with Crippen LogP contribution in [-0.2, 0) is 4.79 Å². The Morgan fingerprint density at radius 1 is 1.50 bits per heavy atom. The number of carbonyl (C=O) groups is 1. The number of carbonyl (C=O) groups excluding carboxylic acids is 1. The Balaban J connectivity index is 2.18. The van der Waals surface area contributed by atoms with E-state index in [0.717, 1.165) is 31.2 Å². The topological polar surface area (TPSA) is 53.5 Å². The molecule has 106 valence electrons. The number of anilines is 1. The van der Waals surface area contributed by atoms with Gasteiger partial charge in [-0.3, -0.25) is 4.79 Å². The maximum absolute atomic E-state index is 10.8. The van der Waals surface area contributed by atoms with Crippen LogP contribution >= 0.6 is 11.6 Å². The van der Waals surface area contributed by atoms with Crippen molar-refractivity contribution in [1.82, 2.24) is 5.32 Å². The third-order valence-electron chi connectivity index (χ3n) is 3.12. The van der Waals surface area contributed by atoms with Crippen LogP contribution < -0.4 is 10.6 Å². The summed E-state index contributed by atoms with van der Waals surface area (Å²) in [4.78, 5) is 15.2. The van der Waals surface area contributed by atoms with E-state index in [1.807, 2.05) is 24.3 Å². The average Bonchev–Trinajstić information content (AvgIpc) is 2.46. The lowest BCUT2D eigenvalue weighted by Crippen LogP contribution is -2.49. The van der Waals surface area contributed by atoms with Crippen LogP contribution in [0.3, 0.4) is 0 Å². The highest BCUT2D eigenvalue weighted by Gasteiger charge is 2.28. The monoisotopic (exact) mass is 291 g/mol. The number of aliphatic imine (C=N–C) groups is 1. The van der Waals surface area contributed by atoms with E-state index in [9.17, 15) is 4.79 Å². The first-order chi connectivity index (χ1) is 9.67. The number of halogens is 1. The maximum atomic E-state index is 10.8. The molecule has 2 N–H and O–H groups in total. The summed E-state index contributed by atoms with van der Waals surface area (Å²) >= 11 is 6.00. The summed E-state index contributed by atoms with van der Waals surface area (Å²) < 4.78 is 0. The number of unbranched alkanes of at least 4 members (excludes halogenated alkanes) is 1. The van der Waals surface area contributed by atoms with Crippen molar-refractivity contribution in [2.45, 2.75) is 32.0 Å². The second-order valence-corrected chi connectivity index (χ2v) is 5.20. The van der Waals surface area contributed by atoms with Gasteiger partial charge in [-0.2, -0.15) is 0 Å². The van der Waals surface area contributed by atoms with E-state index >= 15 is 0 Å². The summed E-state index contributed by atoms with van der Waals surface area (Å²) in [5.74, 6) is -0.618. The van der Waals surface area contributed by atoms with E-state index in [2.05, 4.69) is 22.5 Å². The van der Waals surface area contributed by atoms with Gasteiger partial charge in [0.25, 0.3) is 0 Å². The zero-order valence-corrected chi connectivity index (χ0v) is 12.2. The third kappa shape index (κ3) is 3.61. The Morgan fingerprint density at radius 3 is 2.95 bits per heavy atom. The van der Waals surface area contributed by atoms with E-state index in [1.165, 1.54) is 0 Å². The summed E-state index contributed by atoms with van der Waals surface area (Å²) in [6, 6.07) is 7.51. The molecule has 5 heteroatoms. The average molecular weight is 292 g/mol. The smallest absolute Gasteiger partial charge is 0.204 e. The van der Waals surface area contributed by atoms with Gasteiger partial charge in [-0.15, -0.1) is 0 Å². The molecule has 0 bridgehead atoms. The molecule has 1 aliphatic heterocycles. The van der Waals surface area contributed by atoms with E-state index in [1.54, 1.807) is 12.4 Å². The molecule has 1 aromatic carbocycles. The van der Waals surface area contributed by atoms with E-state index in [-0.39, 0.29) is 0 Å². The highest BCUT2D eigenvalue weighted by molar-refractivity contribution is 6.30. The molecule has 2 rings (SSSR count). The number of hydrogen-bond acceptors (Lipinski definition) is 4. The third-order valence-corrected chi connectivity index (χ3v) is 3.35. The molecule has 20 heavy (non-hydrogen) atoms. The number of nitrogens with one attached hydrogen (secondary N) is 2.